The molecule has 0 saturated heterocycles. The maximum absolute atomic E-state index is 5.47. The van der Waals surface area contributed by atoms with Gasteiger partial charge in [-0.1, -0.05) is 12.1 Å². The summed E-state index contributed by atoms with van der Waals surface area (Å²) in [6, 6.07) is 7.45. The lowest BCUT2D eigenvalue weighted by atomic mass is 10.2. The Morgan fingerprint density at radius 2 is 2.13 bits per heavy atom. The molecule has 5 nitrogen and oxygen atoms in total. The van der Waals surface area contributed by atoms with E-state index in [9.17, 15) is 0 Å². The van der Waals surface area contributed by atoms with E-state index in [1.165, 1.54) is 6.33 Å². The molecule has 0 aliphatic rings. The van der Waals surface area contributed by atoms with Crippen molar-refractivity contribution in [2.75, 3.05) is 12.8 Å². The van der Waals surface area contributed by atoms with Crippen LogP contribution >= 0.6 is 0 Å². The fourth-order valence-corrected chi connectivity index (χ4v) is 1.21. The average molecular weight is 202 g/mol. The number of hydrogen-bond donors (Lipinski definition) is 1. The molecule has 76 valence electrons. The van der Waals surface area contributed by atoms with Crippen LogP contribution < -0.4 is 10.5 Å². The maximum atomic E-state index is 5.47. The number of anilines is 1. The third-order valence-corrected chi connectivity index (χ3v) is 1.92. The molecule has 2 rings (SSSR count). The van der Waals surface area contributed by atoms with Gasteiger partial charge in [0.2, 0.25) is 5.95 Å². The van der Waals surface area contributed by atoms with Gasteiger partial charge in [0.1, 0.15) is 12.1 Å². The van der Waals surface area contributed by atoms with Crippen LogP contribution in [0, 0.1) is 0 Å². The molecule has 0 radical (unpaired) electrons. The van der Waals surface area contributed by atoms with Crippen LogP contribution in [0.5, 0.6) is 5.75 Å². The van der Waals surface area contributed by atoms with Crippen LogP contribution in [0.1, 0.15) is 0 Å². The Morgan fingerprint density at radius 3 is 2.87 bits per heavy atom. The number of nitrogens with two attached hydrogens (primary N) is 1. The van der Waals surface area contributed by atoms with Gasteiger partial charge in [0, 0.05) is 5.56 Å². The lowest BCUT2D eigenvalue weighted by Gasteiger charge is -2.02. The van der Waals surface area contributed by atoms with Gasteiger partial charge in [0.25, 0.3) is 0 Å². The van der Waals surface area contributed by atoms with Crippen molar-refractivity contribution in [1.82, 2.24) is 15.0 Å². The number of aromatic nitrogens is 3. The molecule has 1 heterocycles. The second-order valence-corrected chi connectivity index (χ2v) is 2.90. The van der Waals surface area contributed by atoms with E-state index in [1.54, 1.807) is 7.11 Å². The maximum Gasteiger partial charge on any atom is 0.223 e. The van der Waals surface area contributed by atoms with Gasteiger partial charge < -0.3 is 10.5 Å². The highest BCUT2D eigenvalue weighted by atomic mass is 16.5. The van der Waals surface area contributed by atoms with Crippen LogP contribution in [-0.2, 0) is 0 Å². The molecule has 0 amide bonds. The highest BCUT2D eigenvalue weighted by Gasteiger charge is 2.02. The highest BCUT2D eigenvalue weighted by Crippen LogP contribution is 2.20. The first-order chi connectivity index (χ1) is 7.29. The molecule has 0 bridgehead atoms. The average Bonchev–Trinajstić information content (AvgIpc) is 2.29. The summed E-state index contributed by atoms with van der Waals surface area (Å²) in [5.41, 5.74) is 6.32. The summed E-state index contributed by atoms with van der Waals surface area (Å²) in [6.45, 7) is 0. The zero-order valence-corrected chi connectivity index (χ0v) is 8.21. The zero-order valence-electron chi connectivity index (χ0n) is 8.21. The van der Waals surface area contributed by atoms with Crippen molar-refractivity contribution in [2.45, 2.75) is 0 Å². The number of hydrogen-bond acceptors (Lipinski definition) is 5. The van der Waals surface area contributed by atoms with Crippen LogP contribution in [0.15, 0.2) is 30.6 Å². The molecule has 0 aliphatic heterocycles. The molecule has 5 heteroatoms. The van der Waals surface area contributed by atoms with E-state index in [-0.39, 0.29) is 5.95 Å². The summed E-state index contributed by atoms with van der Waals surface area (Å²) in [4.78, 5) is 11.8. The second-order valence-electron chi connectivity index (χ2n) is 2.90. The molecule has 0 saturated carbocycles. The quantitative estimate of drug-likeness (QED) is 0.790. The molecule has 0 unspecified atom stereocenters. The number of rotatable bonds is 2. The van der Waals surface area contributed by atoms with Crippen molar-refractivity contribution in [1.29, 1.82) is 0 Å². The predicted molar refractivity (Wildman–Crippen MR) is 56.2 cm³/mol. The van der Waals surface area contributed by atoms with Crippen LogP contribution in [0.2, 0.25) is 0 Å². The van der Waals surface area contributed by atoms with E-state index in [4.69, 9.17) is 10.5 Å². The van der Waals surface area contributed by atoms with Gasteiger partial charge in [-0.3, -0.25) is 0 Å². The van der Waals surface area contributed by atoms with E-state index in [1.807, 2.05) is 24.3 Å². The van der Waals surface area contributed by atoms with E-state index in [2.05, 4.69) is 15.0 Å². The Kier molecular flexibility index (Phi) is 2.45. The standard InChI is InChI=1S/C10H10N4O/c1-15-8-4-2-3-7(5-8)9-12-6-13-10(11)14-9/h2-6H,1H3,(H2,11,12,13,14). The van der Waals surface area contributed by atoms with Gasteiger partial charge in [-0.25, -0.2) is 9.97 Å². The fraction of sp³-hybridized carbons (Fsp3) is 0.100. The first-order valence-corrected chi connectivity index (χ1v) is 4.38. The van der Waals surface area contributed by atoms with Crippen molar-refractivity contribution < 1.29 is 4.74 Å². The van der Waals surface area contributed by atoms with Crippen molar-refractivity contribution in [3.63, 3.8) is 0 Å². The molecule has 0 atom stereocenters. The SMILES string of the molecule is COc1cccc(-c2ncnc(N)n2)c1. The van der Waals surface area contributed by atoms with E-state index >= 15 is 0 Å². The van der Waals surface area contributed by atoms with Crippen molar-refractivity contribution in [3.05, 3.63) is 30.6 Å². The van der Waals surface area contributed by atoms with Gasteiger partial charge in [-0.2, -0.15) is 4.98 Å². The largest absolute Gasteiger partial charge is 0.497 e. The minimum absolute atomic E-state index is 0.211. The molecular weight excluding hydrogens is 192 g/mol. The Morgan fingerprint density at radius 1 is 1.27 bits per heavy atom. The predicted octanol–water partition coefficient (Wildman–Crippen LogP) is 1.13. The van der Waals surface area contributed by atoms with Crippen LogP contribution in [0.3, 0.4) is 0 Å². The first kappa shape index (κ1) is 9.39. The highest BCUT2D eigenvalue weighted by molar-refractivity contribution is 5.57. The van der Waals surface area contributed by atoms with Crippen molar-refractivity contribution >= 4 is 5.95 Å². The molecule has 2 aromatic rings. The number of nitrogens with zero attached hydrogens (tertiary/aromatic N) is 3. The van der Waals surface area contributed by atoms with Gasteiger partial charge >= 0.3 is 0 Å². The molecule has 0 spiro atoms. The summed E-state index contributed by atoms with van der Waals surface area (Å²) >= 11 is 0. The minimum Gasteiger partial charge on any atom is -0.497 e. The lowest BCUT2D eigenvalue weighted by Crippen LogP contribution is -1.98. The van der Waals surface area contributed by atoms with Crippen molar-refractivity contribution in [3.8, 4) is 17.1 Å². The molecule has 1 aromatic heterocycles. The lowest BCUT2D eigenvalue weighted by molar-refractivity contribution is 0.415. The number of ether oxygens (including phenoxy) is 1. The summed E-state index contributed by atoms with van der Waals surface area (Å²) in [5.74, 6) is 1.51. The monoisotopic (exact) mass is 202 g/mol. The van der Waals surface area contributed by atoms with Gasteiger partial charge in [-0.05, 0) is 12.1 Å². The summed E-state index contributed by atoms with van der Waals surface area (Å²) in [5, 5.41) is 0. The minimum atomic E-state index is 0.211. The normalized spacial score (nSPS) is 9.93. The van der Waals surface area contributed by atoms with E-state index in [0.717, 1.165) is 11.3 Å². The second kappa shape index (κ2) is 3.91. The smallest absolute Gasteiger partial charge is 0.223 e. The third kappa shape index (κ3) is 2.01. The molecule has 2 N–H and O–H groups in total. The topological polar surface area (TPSA) is 73.9 Å². The number of methoxy groups -OCH3 is 1. The molecule has 0 aliphatic carbocycles. The fourth-order valence-electron chi connectivity index (χ4n) is 1.21. The zero-order chi connectivity index (χ0) is 10.7. The van der Waals surface area contributed by atoms with Gasteiger partial charge in [0.15, 0.2) is 5.82 Å². The third-order valence-electron chi connectivity index (χ3n) is 1.92. The van der Waals surface area contributed by atoms with Crippen LogP contribution in [-0.4, -0.2) is 22.1 Å². The summed E-state index contributed by atoms with van der Waals surface area (Å²) in [7, 11) is 1.61. The Bertz CT molecular complexity index is 472. The van der Waals surface area contributed by atoms with E-state index in [0.29, 0.717) is 5.82 Å². The van der Waals surface area contributed by atoms with Gasteiger partial charge in [0.05, 0.1) is 7.11 Å². The molecule has 1 aromatic carbocycles. The molecule has 15 heavy (non-hydrogen) atoms. The van der Waals surface area contributed by atoms with Crippen LogP contribution in [0.25, 0.3) is 11.4 Å². The number of nitrogen functional groups attached to an aromatic ring is 1. The van der Waals surface area contributed by atoms with Gasteiger partial charge in [-0.15, -0.1) is 0 Å². The van der Waals surface area contributed by atoms with Crippen LogP contribution in [0.4, 0.5) is 5.95 Å². The Hall–Kier alpha value is -2.17. The summed E-state index contributed by atoms with van der Waals surface area (Å²) in [6.07, 6.45) is 1.39. The van der Waals surface area contributed by atoms with E-state index < -0.39 is 0 Å². The first-order valence-electron chi connectivity index (χ1n) is 4.38. The number of benzene rings is 1. The Labute approximate surface area is 87.0 Å². The Balaban J connectivity index is 2.44. The molecule has 0 fully saturated rings. The summed E-state index contributed by atoms with van der Waals surface area (Å²) < 4.78 is 5.10. The van der Waals surface area contributed by atoms with Crippen molar-refractivity contribution in [2.24, 2.45) is 0 Å². The molecular formula is C10H10N4O.